The average Bonchev–Trinajstić information content (AvgIpc) is 2.93. The molecule has 0 unspecified atom stereocenters. The smallest absolute Gasteiger partial charge is 0.408 e. The van der Waals surface area contributed by atoms with Gasteiger partial charge in [-0.25, -0.2) is 4.79 Å². The van der Waals surface area contributed by atoms with Crippen LogP contribution in [-0.2, 0) is 29.4 Å². The van der Waals surface area contributed by atoms with Crippen molar-refractivity contribution in [3.8, 4) is 0 Å². The molecule has 3 rings (SSSR count). The van der Waals surface area contributed by atoms with Crippen molar-refractivity contribution >= 4 is 22.1 Å². The Kier molecular flexibility index (Phi) is 10.3. The second kappa shape index (κ2) is 13.4. The SMILES string of the molecule is COS(=O)(=O)/C=C/[C@H](CCC(=O)NC(c1ccccc1)(c1ccccc1)c1ccccc1)NC(=O)OC(C)(C)C. The fraction of sp³-hybridized carbons (Fsp3) is 0.290. The van der Waals surface area contributed by atoms with Crippen LogP contribution in [0, 0.1) is 0 Å². The molecule has 2 N–H and O–H groups in total. The predicted octanol–water partition coefficient (Wildman–Crippen LogP) is 5.26. The highest BCUT2D eigenvalue weighted by Gasteiger charge is 2.37. The topological polar surface area (TPSA) is 111 Å². The number of amides is 2. The molecule has 1 atom stereocenters. The summed E-state index contributed by atoms with van der Waals surface area (Å²) in [5.74, 6) is -0.296. The summed E-state index contributed by atoms with van der Waals surface area (Å²) in [6.07, 6.45) is 0.625. The number of carbonyl (C=O) groups is 2. The van der Waals surface area contributed by atoms with Gasteiger partial charge >= 0.3 is 6.09 Å². The van der Waals surface area contributed by atoms with Crippen molar-refractivity contribution in [2.75, 3.05) is 7.11 Å². The first kappa shape index (κ1) is 30.6. The molecule has 0 saturated heterocycles. The van der Waals surface area contributed by atoms with Crippen LogP contribution in [0.5, 0.6) is 0 Å². The first-order chi connectivity index (χ1) is 18.9. The molecule has 0 aliphatic heterocycles. The van der Waals surface area contributed by atoms with E-state index in [0.717, 1.165) is 29.2 Å². The minimum atomic E-state index is -3.93. The van der Waals surface area contributed by atoms with E-state index in [2.05, 4.69) is 14.8 Å². The maximum absolute atomic E-state index is 13.6. The first-order valence-electron chi connectivity index (χ1n) is 12.9. The lowest BCUT2D eigenvalue weighted by Crippen LogP contribution is -2.48. The molecule has 0 bridgehead atoms. The molecule has 0 fully saturated rings. The summed E-state index contributed by atoms with van der Waals surface area (Å²) in [4.78, 5) is 26.1. The Hall–Kier alpha value is -3.95. The molecule has 3 aromatic rings. The van der Waals surface area contributed by atoms with Crippen LogP contribution in [0.15, 0.2) is 102 Å². The molecule has 0 aliphatic rings. The highest BCUT2D eigenvalue weighted by Crippen LogP contribution is 2.36. The van der Waals surface area contributed by atoms with Crippen molar-refractivity contribution in [3.05, 3.63) is 119 Å². The van der Waals surface area contributed by atoms with Gasteiger partial charge in [-0.2, -0.15) is 8.42 Å². The van der Waals surface area contributed by atoms with Gasteiger partial charge in [0.1, 0.15) is 11.1 Å². The lowest BCUT2D eigenvalue weighted by atomic mass is 9.77. The molecule has 212 valence electrons. The third-order valence-electron chi connectivity index (χ3n) is 6.04. The fourth-order valence-corrected chi connectivity index (χ4v) is 4.75. The number of nitrogens with one attached hydrogen (secondary N) is 2. The summed E-state index contributed by atoms with van der Waals surface area (Å²) in [5.41, 5.74) is 0.861. The normalized spacial score (nSPS) is 13.0. The zero-order valence-corrected chi connectivity index (χ0v) is 24.0. The minimum absolute atomic E-state index is 0.0217. The van der Waals surface area contributed by atoms with Gasteiger partial charge in [-0.05, 0) is 50.0 Å². The Balaban J connectivity index is 1.93. The van der Waals surface area contributed by atoms with Crippen LogP contribution in [-0.4, -0.2) is 39.2 Å². The molecular weight excluding hydrogens is 528 g/mol. The predicted molar refractivity (Wildman–Crippen MR) is 155 cm³/mol. The lowest BCUT2D eigenvalue weighted by Gasteiger charge is -2.37. The minimum Gasteiger partial charge on any atom is -0.444 e. The van der Waals surface area contributed by atoms with E-state index in [9.17, 15) is 18.0 Å². The molecule has 0 heterocycles. The molecule has 8 nitrogen and oxygen atoms in total. The lowest BCUT2D eigenvalue weighted by molar-refractivity contribution is -0.122. The van der Waals surface area contributed by atoms with Gasteiger partial charge in [0.2, 0.25) is 5.91 Å². The Morgan fingerprint density at radius 3 is 1.68 bits per heavy atom. The number of alkyl carbamates (subject to hydrolysis) is 1. The second-order valence-corrected chi connectivity index (χ2v) is 11.8. The van der Waals surface area contributed by atoms with Crippen LogP contribution >= 0.6 is 0 Å². The van der Waals surface area contributed by atoms with E-state index in [1.54, 1.807) is 20.8 Å². The highest BCUT2D eigenvalue weighted by atomic mass is 32.2. The number of rotatable bonds is 11. The monoisotopic (exact) mass is 564 g/mol. The van der Waals surface area contributed by atoms with Crippen LogP contribution in [0.1, 0.15) is 50.3 Å². The summed E-state index contributed by atoms with van der Waals surface area (Å²) in [7, 11) is -2.89. The van der Waals surface area contributed by atoms with E-state index in [1.807, 2.05) is 91.0 Å². The number of hydrogen-bond acceptors (Lipinski definition) is 6. The van der Waals surface area contributed by atoms with Crippen molar-refractivity contribution < 1.29 is 26.9 Å². The summed E-state index contributed by atoms with van der Waals surface area (Å²) < 4.78 is 33.6. The van der Waals surface area contributed by atoms with E-state index in [4.69, 9.17) is 4.74 Å². The maximum atomic E-state index is 13.6. The summed E-state index contributed by atoms with van der Waals surface area (Å²) in [5, 5.41) is 6.75. The Labute approximate surface area is 236 Å². The number of hydrogen-bond donors (Lipinski definition) is 2. The standard InChI is InChI=1S/C31H36N2O6S/c1-30(2,3)39-29(35)32-27(22-23-40(36,37)38-4)20-21-28(34)33-31(24-14-8-5-9-15-24,25-16-10-6-11-17-25)26-18-12-7-13-19-26/h5-19,22-23,27H,20-21H2,1-4H3,(H,32,35)(H,33,34)/b23-22+/t27-/m0/s1. The van der Waals surface area contributed by atoms with E-state index in [1.165, 1.54) is 6.08 Å². The molecular formula is C31H36N2O6S. The summed E-state index contributed by atoms with van der Waals surface area (Å²) in [6.45, 7) is 5.16. The van der Waals surface area contributed by atoms with E-state index >= 15 is 0 Å². The number of benzene rings is 3. The largest absolute Gasteiger partial charge is 0.444 e. The third kappa shape index (κ3) is 8.53. The van der Waals surface area contributed by atoms with E-state index in [-0.39, 0.29) is 18.7 Å². The zero-order valence-electron chi connectivity index (χ0n) is 23.2. The van der Waals surface area contributed by atoms with Crippen molar-refractivity contribution in [2.45, 2.75) is 50.8 Å². The van der Waals surface area contributed by atoms with Crippen LogP contribution in [0.3, 0.4) is 0 Å². The van der Waals surface area contributed by atoms with Gasteiger partial charge in [0.15, 0.2) is 0 Å². The molecule has 0 aliphatic carbocycles. The summed E-state index contributed by atoms with van der Waals surface area (Å²) >= 11 is 0. The molecule has 40 heavy (non-hydrogen) atoms. The molecule has 3 aromatic carbocycles. The third-order valence-corrected chi connectivity index (χ3v) is 7.00. The van der Waals surface area contributed by atoms with Gasteiger partial charge in [0.25, 0.3) is 10.1 Å². The molecule has 9 heteroatoms. The van der Waals surface area contributed by atoms with Gasteiger partial charge in [-0.1, -0.05) is 91.0 Å². The van der Waals surface area contributed by atoms with Crippen LogP contribution < -0.4 is 10.6 Å². The Morgan fingerprint density at radius 1 is 0.825 bits per heavy atom. The van der Waals surface area contributed by atoms with Crippen molar-refractivity contribution in [3.63, 3.8) is 0 Å². The first-order valence-corrected chi connectivity index (χ1v) is 14.4. The number of ether oxygens (including phenoxy) is 1. The molecule has 0 aromatic heterocycles. The number of carbonyl (C=O) groups excluding carboxylic acids is 2. The van der Waals surface area contributed by atoms with Gasteiger partial charge in [-0.3, -0.25) is 8.98 Å². The summed E-state index contributed by atoms with van der Waals surface area (Å²) in [6, 6.07) is 28.2. The Morgan fingerprint density at radius 2 is 1.27 bits per heavy atom. The molecule has 2 amide bonds. The molecule has 0 saturated carbocycles. The Bertz CT molecular complexity index is 1290. The van der Waals surface area contributed by atoms with Crippen molar-refractivity contribution in [2.24, 2.45) is 0 Å². The quantitative estimate of drug-likeness (QED) is 0.243. The maximum Gasteiger partial charge on any atom is 0.408 e. The van der Waals surface area contributed by atoms with E-state index in [0.29, 0.717) is 0 Å². The van der Waals surface area contributed by atoms with Crippen molar-refractivity contribution in [1.82, 2.24) is 10.6 Å². The van der Waals surface area contributed by atoms with Crippen molar-refractivity contribution in [1.29, 1.82) is 0 Å². The van der Waals surface area contributed by atoms with Gasteiger partial charge in [-0.15, -0.1) is 0 Å². The second-order valence-electron chi connectivity index (χ2n) is 10.2. The molecule has 0 radical (unpaired) electrons. The van der Waals surface area contributed by atoms with Gasteiger partial charge in [0, 0.05) is 6.42 Å². The molecule has 0 spiro atoms. The van der Waals surface area contributed by atoms with Gasteiger partial charge in [0.05, 0.1) is 18.6 Å². The fourth-order valence-electron chi connectivity index (χ4n) is 4.26. The van der Waals surface area contributed by atoms with E-state index < -0.39 is 33.4 Å². The average molecular weight is 565 g/mol. The van der Waals surface area contributed by atoms with Gasteiger partial charge < -0.3 is 15.4 Å². The highest BCUT2D eigenvalue weighted by molar-refractivity contribution is 7.89. The van der Waals surface area contributed by atoms with Crippen LogP contribution in [0.25, 0.3) is 0 Å². The van der Waals surface area contributed by atoms with Crippen LogP contribution in [0.4, 0.5) is 4.79 Å². The zero-order chi connectivity index (χ0) is 29.2. The van der Waals surface area contributed by atoms with Crippen LogP contribution in [0.2, 0.25) is 0 Å².